The molecule has 1 aromatic heterocycles. The lowest BCUT2D eigenvalue weighted by molar-refractivity contribution is 0.321. The van der Waals surface area contributed by atoms with Crippen LogP contribution in [0.2, 0.25) is 0 Å². The van der Waals surface area contributed by atoms with Gasteiger partial charge in [-0.2, -0.15) is 5.26 Å². The van der Waals surface area contributed by atoms with Crippen LogP contribution in [-0.4, -0.2) is 47.2 Å². The second-order valence-corrected chi connectivity index (χ2v) is 8.84. The molecule has 1 aliphatic rings. The topological polar surface area (TPSA) is 136 Å². The lowest BCUT2D eigenvalue weighted by atomic mass is 9.83. The number of methoxy groups -OCH3 is 6. The summed E-state index contributed by atoms with van der Waals surface area (Å²) < 4.78 is 40.5. The Morgan fingerprint density at radius 3 is 2.00 bits per heavy atom. The highest BCUT2D eigenvalue weighted by atomic mass is 16.5. The van der Waals surface area contributed by atoms with Gasteiger partial charge in [0.1, 0.15) is 17.4 Å². The molecule has 2 heterocycles. The van der Waals surface area contributed by atoms with Crippen LogP contribution in [0.25, 0.3) is 0 Å². The molecule has 40 heavy (non-hydrogen) atoms. The number of aromatic nitrogens is 1. The Kier molecular flexibility index (Phi) is 8.00. The van der Waals surface area contributed by atoms with E-state index in [1.807, 2.05) is 0 Å². The average Bonchev–Trinajstić information content (AvgIpc) is 2.96. The van der Waals surface area contributed by atoms with Crippen molar-refractivity contribution in [2.24, 2.45) is 5.73 Å². The zero-order valence-corrected chi connectivity index (χ0v) is 23.4. The van der Waals surface area contributed by atoms with Crippen LogP contribution in [0.5, 0.6) is 40.2 Å². The summed E-state index contributed by atoms with van der Waals surface area (Å²) in [5.41, 5.74) is 7.96. The van der Waals surface area contributed by atoms with Crippen LogP contribution in [0.15, 0.2) is 46.6 Å². The van der Waals surface area contributed by atoms with Crippen LogP contribution >= 0.6 is 0 Å². The van der Waals surface area contributed by atoms with Gasteiger partial charge in [-0.3, -0.25) is 4.79 Å². The number of nitriles is 1. The van der Waals surface area contributed by atoms with Crippen molar-refractivity contribution >= 4 is 0 Å². The molecule has 0 spiro atoms. The molecule has 4 rings (SSSR count). The van der Waals surface area contributed by atoms with Crippen LogP contribution < -0.4 is 44.5 Å². The van der Waals surface area contributed by atoms with Crippen molar-refractivity contribution in [3.05, 3.63) is 74.5 Å². The smallest absolute Gasteiger partial charge is 0.259 e. The number of hydrogen-bond donors (Lipinski definition) is 1. The third-order valence-corrected chi connectivity index (χ3v) is 6.80. The molecule has 0 aliphatic carbocycles. The third-order valence-electron chi connectivity index (χ3n) is 6.80. The number of nitrogens with two attached hydrogens (primary N) is 1. The number of hydrogen-bond acceptors (Lipinski definition) is 10. The maximum atomic E-state index is 14.2. The number of allylic oxidation sites excluding steroid dienone is 1. The Morgan fingerprint density at radius 2 is 1.48 bits per heavy atom. The summed E-state index contributed by atoms with van der Waals surface area (Å²) in [6.07, 6.45) is 0. The molecule has 2 aromatic carbocycles. The first-order valence-corrected chi connectivity index (χ1v) is 12.2. The molecule has 0 saturated carbocycles. The van der Waals surface area contributed by atoms with E-state index >= 15 is 0 Å². The summed E-state index contributed by atoms with van der Waals surface area (Å²) >= 11 is 0. The van der Waals surface area contributed by atoms with Crippen LogP contribution in [0.3, 0.4) is 0 Å². The number of ether oxygens (including phenoxy) is 7. The summed E-state index contributed by atoms with van der Waals surface area (Å²) in [6.45, 7) is 1.96. The fourth-order valence-corrected chi connectivity index (χ4v) is 4.95. The molecule has 1 aliphatic heterocycles. The SMILES string of the molecule is COc1cc(Cn2c(C)cc3c(c2=O)C(c2ccc(OC)c(OC)c2OC)C(C#N)=C(N)O3)cc(OC)c1OC. The van der Waals surface area contributed by atoms with Gasteiger partial charge in [0.2, 0.25) is 17.4 Å². The second kappa shape index (κ2) is 11.4. The van der Waals surface area contributed by atoms with Gasteiger partial charge in [-0.1, -0.05) is 6.07 Å². The molecule has 0 bridgehead atoms. The summed E-state index contributed by atoms with van der Waals surface area (Å²) in [7, 11) is 9.02. The van der Waals surface area contributed by atoms with Gasteiger partial charge < -0.3 is 43.5 Å². The number of pyridine rings is 1. The maximum absolute atomic E-state index is 14.2. The highest BCUT2D eigenvalue weighted by Crippen LogP contribution is 2.49. The Hall–Kier alpha value is -4.98. The van der Waals surface area contributed by atoms with Gasteiger partial charge in [-0.25, -0.2) is 0 Å². The molecule has 1 unspecified atom stereocenters. The minimum atomic E-state index is -0.900. The van der Waals surface area contributed by atoms with Crippen molar-refractivity contribution in [3.63, 3.8) is 0 Å². The van der Waals surface area contributed by atoms with Crippen molar-refractivity contribution in [1.82, 2.24) is 4.57 Å². The molecular weight excluding hydrogens is 518 g/mol. The van der Waals surface area contributed by atoms with Gasteiger partial charge in [0.25, 0.3) is 5.56 Å². The van der Waals surface area contributed by atoms with Crippen LogP contribution in [0.1, 0.15) is 28.3 Å². The number of rotatable bonds is 9. The van der Waals surface area contributed by atoms with Gasteiger partial charge in [0, 0.05) is 17.3 Å². The van der Waals surface area contributed by atoms with Gasteiger partial charge in [0.05, 0.1) is 60.7 Å². The van der Waals surface area contributed by atoms with Crippen molar-refractivity contribution in [2.75, 3.05) is 42.7 Å². The van der Waals surface area contributed by atoms with E-state index in [0.717, 1.165) is 5.56 Å². The minimum absolute atomic E-state index is 0.0679. The van der Waals surface area contributed by atoms with E-state index in [4.69, 9.17) is 38.9 Å². The summed E-state index contributed by atoms with van der Waals surface area (Å²) in [6, 6.07) is 10.8. The van der Waals surface area contributed by atoms with E-state index in [2.05, 4.69) is 6.07 Å². The number of benzene rings is 2. The zero-order valence-electron chi connectivity index (χ0n) is 23.4. The molecule has 1 atom stereocenters. The van der Waals surface area contributed by atoms with Gasteiger partial charge in [0.15, 0.2) is 23.0 Å². The standard InChI is InChI=1S/C29H31N3O8/c1-15-10-20-24(29(33)32(15)14-16-11-21(35-3)26(38-6)22(12-16)36-4)23(18(13-30)28(31)40-20)17-8-9-19(34-2)27(39-7)25(17)37-5/h8-12,23H,14,31H2,1-7H3. The molecule has 3 aromatic rings. The highest BCUT2D eigenvalue weighted by molar-refractivity contribution is 5.64. The lowest BCUT2D eigenvalue weighted by Crippen LogP contribution is -2.33. The Morgan fingerprint density at radius 1 is 0.875 bits per heavy atom. The van der Waals surface area contributed by atoms with E-state index in [1.54, 1.807) is 41.8 Å². The number of fused-ring (bicyclic) bond motifs is 1. The first-order chi connectivity index (χ1) is 19.3. The molecule has 0 amide bonds. The molecule has 11 nitrogen and oxygen atoms in total. The lowest BCUT2D eigenvalue weighted by Gasteiger charge is -2.29. The average molecular weight is 550 g/mol. The third kappa shape index (κ3) is 4.58. The predicted molar refractivity (Wildman–Crippen MR) is 146 cm³/mol. The van der Waals surface area contributed by atoms with Gasteiger partial charge in [-0.05, 0) is 30.7 Å². The second-order valence-electron chi connectivity index (χ2n) is 8.84. The van der Waals surface area contributed by atoms with E-state index in [-0.39, 0.29) is 34.9 Å². The van der Waals surface area contributed by atoms with E-state index in [1.165, 1.54) is 42.7 Å². The molecule has 0 saturated heterocycles. The minimum Gasteiger partial charge on any atom is -0.493 e. The van der Waals surface area contributed by atoms with E-state index < -0.39 is 5.92 Å². The maximum Gasteiger partial charge on any atom is 0.259 e. The Labute approximate surface area is 231 Å². The van der Waals surface area contributed by atoms with Crippen molar-refractivity contribution < 1.29 is 33.2 Å². The quantitative estimate of drug-likeness (QED) is 0.422. The van der Waals surface area contributed by atoms with Gasteiger partial charge >= 0.3 is 0 Å². The normalized spacial score (nSPS) is 14.0. The van der Waals surface area contributed by atoms with E-state index in [9.17, 15) is 10.1 Å². The monoisotopic (exact) mass is 549 g/mol. The molecule has 210 valence electrons. The number of aryl methyl sites for hydroxylation is 1. The fourth-order valence-electron chi connectivity index (χ4n) is 4.95. The Balaban J connectivity index is 1.96. The fraction of sp³-hybridized carbons (Fsp3) is 0.310. The van der Waals surface area contributed by atoms with Gasteiger partial charge in [-0.15, -0.1) is 0 Å². The molecule has 2 N–H and O–H groups in total. The van der Waals surface area contributed by atoms with Crippen LogP contribution in [0, 0.1) is 18.3 Å². The molecular formula is C29H31N3O8. The molecule has 0 fully saturated rings. The predicted octanol–water partition coefficient (Wildman–Crippen LogP) is 3.47. The van der Waals surface area contributed by atoms with Crippen molar-refractivity contribution in [1.29, 1.82) is 5.26 Å². The molecule has 0 radical (unpaired) electrons. The largest absolute Gasteiger partial charge is 0.493 e. The van der Waals surface area contributed by atoms with Crippen molar-refractivity contribution in [2.45, 2.75) is 19.4 Å². The Bertz CT molecular complexity index is 1560. The first kappa shape index (κ1) is 28.0. The summed E-state index contributed by atoms with van der Waals surface area (Å²) in [5.74, 6) is 1.65. The highest BCUT2D eigenvalue weighted by Gasteiger charge is 2.37. The number of nitrogens with zero attached hydrogens (tertiary/aromatic N) is 2. The first-order valence-electron chi connectivity index (χ1n) is 12.2. The zero-order chi connectivity index (χ0) is 29.1. The van der Waals surface area contributed by atoms with E-state index in [0.29, 0.717) is 45.8 Å². The molecule has 11 heteroatoms. The van der Waals surface area contributed by atoms with Crippen LogP contribution in [-0.2, 0) is 6.54 Å². The van der Waals surface area contributed by atoms with Crippen molar-refractivity contribution in [3.8, 4) is 46.3 Å². The van der Waals surface area contributed by atoms with Crippen LogP contribution in [0.4, 0.5) is 0 Å². The summed E-state index contributed by atoms with van der Waals surface area (Å²) in [5, 5.41) is 10.1. The summed E-state index contributed by atoms with van der Waals surface area (Å²) in [4.78, 5) is 14.2.